The molecule has 5 aliphatic heterocycles. The maximum atomic E-state index is 14.1. The molecule has 11 rings (SSSR count). The zero-order valence-electron chi connectivity index (χ0n) is 43.3. The maximum absolute atomic E-state index is 14.1. The summed E-state index contributed by atoms with van der Waals surface area (Å²) in [5.41, 5.74) is 5.58. The van der Waals surface area contributed by atoms with Gasteiger partial charge < -0.3 is 29.4 Å². The number of hydrogen-bond acceptors (Lipinski definition) is 13. The first-order valence-corrected chi connectivity index (χ1v) is 24.5. The van der Waals surface area contributed by atoms with Crippen molar-refractivity contribution >= 4 is 58.2 Å². The second kappa shape index (κ2) is 17.6. The Balaban J connectivity index is 0.751. The first kappa shape index (κ1) is 42.7. The second-order valence-corrected chi connectivity index (χ2v) is 20.7. The molecule has 3 fully saturated rings. The molecule has 0 bridgehead atoms. The smallest absolute Gasteiger partial charge is 0.276 e. The Morgan fingerprint density at radius 3 is 2.38 bits per heavy atom. The number of piperazine rings is 1. The molecule has 9 heterocycles. The average Bonchev–Trinajstić information content (AvgIpc) is 3.95. The van der Waals surface area contributed by atoms with Crippen molar-refractivity contribution in [3.05, 3.63) is 111 Å². The van der Waals surface area contributed by atoms with Gasteiger partial charge in [0.2, 0.25) is 11.8 Å². The van der Waals surface area contributed by atoms with Crippen LogP contribution in [-0.2, 0) is 42.6 Å². The molecular weight excluding hydrogens is 903 g/mol. The van der Waals surface area contributed by atoms with Crippen LogP contribution in [-0.4, -0.2) is 120 Å². The molecule has 1 aliphatic carbocycles. The summed E-state index contributed by atoms with van der Waals surface area (Å²) in [5.74, 6) is -1.72. The summed E-state index contributed by atoms with van der Waals surface area (Å²) < 4.78 is 27.6. The zero-order chi connectivity index (χ0) is 52.1. The Hall–Kier alpha value is -7.18. The first-order chi connectivity index (χ1) is 35.3. The summed E-state index contributed by atoms with van der Waals surface area (Å²) in [6.45, 7) is 9.49. The van der Waals surface area contributed by atoms with Crippen LogP contribution in [0.3, 0.4) is 0 Å². The van der Waals surface area contributed by atoms with Gasteiger partial charge in [0, 0.05) is 110 Å². The van der Waals surface area contributed by atoms with Gasteiger partial charge in [-0.25, -0.2) is 9.97 Å². The van der Waals surface area contributed by atoms with Gasteiger partial charge in [-0.05, 0) is 111 Å². The van der Waals surface area contributed by atoms with E-state index in [0.717, 1.165) is 68.1 Å². The van der Waals surface area contributed by atoms with Crippen molar-refractivity contribution in [1.82, 2.24) is 34.2 Å². The Labute approximate surface area is 415 Å². The largest absolute Gasteiger partial charge is 0.392 e. The summed E-state index contributed by atoms with van der Waals surface area (Å²) in [6.07, 6.45) is 8.23. The highest BCUT2D eigenvalue weighted by Crippen LogP contribution is 2.41. The Morgan fingerprint density at radius 2 is 1.63 bits per heavy atom. The van der Waals surface area contributed by atoms with E-state index in [1.165, 1.54) is 29.7 Å². The Bertz CT molecular complexity index is 3220. The number of amides is 5. The van der Waals surface area contributed by atoms with E-state index in [0.29, 0.717) is 51.9 Å². The molecule has 18 nitrogen and oxygen atoms in total. The van der Waals surface area contributed by atoms with Crippen LogP contribution in [0.15, 0.2) is 71.9 Å². The number of imide groups is 2. The van der Waals surface area contributed by atoms with Gasteiger partial charge >= 0.3 is 0 Å². The minimum absolute atomic E-state index is 0.0381. The number of fused-ring (bicyclic) bond motifs is 4. The van der Waals surface area contributed by atoms with Crippen molar-refractivity contribution in [3.63, 3.8) is 0 Å². The molecule has 4 aromatic heterocycles. The third kappa shape index (κ3) is 8.06. The molecule has 6 aliphatic rings. The summed E-state index contributed by atoms with van der Waals surface area (Å²) in [7, 11) is 0. The lowest BCUT2D eigenvalue weighted by atomic mass is 9.90. The van der Waals surface area contributed by atoms with E-state index in [1.54, 1.807) is 35.4 Å². The normalized spacial score (nSPS) is 24.1. The summed E-state index contributed by atoms with van der Waals surface area (Å²) >= 11 is 0. The Kier molecular flexibility index (Phi) is 10.6. The number of benzene rings is 1. The molecule has 3 saturated heterocycles. The third-order valence-corrected chi connectivity index (χ3v) is 15.5. The van der Waals surface area contributed by atoms with Gasteiger partial charge in [-0.1, -0.05) is 13.8 Å². The van der Waals surface area contributed by atoms with Crippen LogP contribution in [0.1, 0.15) is 106 Å². The van der Waals surface area contributed by atoms with Gasteiger partial charge in [-0.2, -0.15) is 0 Å². The number of carbonyl (C=O) groups is 5. The molecule has 3 N–H and O–H groups in total. The van der Waals surface area contributed by atoms with E-state index in [-0.39, 0.29) is 58.9 Å². The topological polar surface area (TPSA) is 199 Å². The molecule has 0 radical (unpaired) electrons. The highest BCUT2D eigenvalue weighted by atomic mass is 16.3. The number of hydrogen-bond donors (Lipinski definition) is 3. The van der Waals surface area contributed by atoms with E-state index < -0.39 is 48.8 Å². The fraction of sp³-hybridized carbons (Fsp3) is 0.434. The van der Waals surface area contributed by atoms with E-state index in [2.05, 4.69) is 67.6 Å². The number of anilines is 5. The van der Waals surface area contributed by atoms with E-state index in [4.69, 9.17) is 4.11 Å². The van der Waals surface area contributed by atoms with Crippen LogP contribution in [0.4, 0.5) is 28.7 Å². The molecular formula is C53H59N11O7. The monoisotopic (exact) mass is 964 g/mol. The van der Waals surface area contributed by atoms with Crippen molar-refractivity contribution in [2.24, 2.45) is 12.4 Å². The lowest BCUT2D eigenvalue weighted by Gasteiger charge is -2.48. The molecule has 5 aromatic rings. The number of piperidine rings is 2. The van der Waals surface area contributed by atoms with Crippen molar-refractivity contribution in [1.29, 1.82) is 0 Å². The average molecular weight is 965 g/mol. The third-order valence-electron chi connectivity index (χ3n) is 15.5. The van der Waals surface area contributed by atoms with Gasteiger partial charge in [0.1, 0.15) is 29.1 Å². The highest BCUT2D eigenvalue weighted by Gasteiger charge is 2.45. The lowest BCUT2D eigenvalue weighted by Crippen LogP contribution is -2.58. The molecule has 1 unspecified atom stereocenters. The second-order valence-electron chi connectivity index (χ2n) is 20.7. The standard InChI is InChI=1S/C53H59N11O7/c1-30-20-34(13-15-60(30)35-6-8-38-39(23-35)50(69)64(49(38)68)42-9-11-46(66)57-48(42)67)59-16-17-61(31(2)27-59)36-7-10-45(55-26-36)56-41-21-33(28-58(5)51(41)70)37-12-14-54-47(40(37)29-65)63-19-18-62-43(52(63)71)22-32-24-53(3,4)25-44(32)62/h6-8,10,12,14,21-23,26,28,30-31,34,42,65H,9,11,13,15-20,24-25,27,29H2,1-5H3,(H,55,56)(H,57,66,67)/t30-,31-,34+,42?/m0/s1/i5D3. The number of rotatable bonds is 9. The van der Waals surface area contributed by atoms with Crippen molar-refractivity contribution in [3.8, 4) is 11.1 Å². The summed E-state index contributed by atoms with van der Waals surface area (Å²) in [5, 5.41) is 16.2. The molecule has 18 heteroatoms. The SMILES string of the molecule is [2H]C([2H])([2H])n1cc(-c2ccnc(N3CCn4c(cc5c4CC(C)(C)C5)C3=O)c2CO)cc(Nc2ccc(N3CCN([C@@H]4CCN(c5ccc6c(c5)C(=O)N(C5CCC(=O)NC5=O)C6=O)[C@@H](C)C4)C[C@@H]3C)cn2)c1=O. The van der Waals surface area contributed by atoms with Crippen molar-refractivity contribution < 1.29 is 33.2 Å². The predicted octanol–water partition coefficient (Wildman–Crippen LogP) is 4.63. The molecule has 368 valence electrons. The van der Waals surface area contributed by atoms with Crippen LogP contribution in [0.2, 0.25) is 0 Å². The number of aliphatic hydroxyl groups is 1. The van der Waals surface area contributed by atoms with Gasteiger partial charge in [-0.3, -0.25) is 48.8 Å². The quantitative estimate of drug-likeness (QED) is 0.173. The fourth-order valence-electron chi connectivity index (χ4n) is 12.0. The molecule has 5 amide bonds. The minimum atomic E-state index is -2.84. The predicted molar refractivity (Wildman–Crippen MR) is 267 cm³/mol. The van der Waals surface area contributed by atoms with Crippen LogP contribution in [0.25, 0.3) is 11.1 Å². The van der Waals surface area contributed by atoms with Gasteiger partial charge in [0.15, 0.2) is 0 Å². The number of carbonyl (C=O) groups excluding carboxylic acids is 5. The maximum Gasteiger partial charge on any atom is 0.276 e. The fourth-order valence-corrected chi connectivity index (χ4v) is 12.0. The van der Waals surface area contributed by atoms with E-state index in [9.17, 15) is 33.9 Å². The van der Waals surface area contributed by atoms with Crippen molar-refractivity contribution in [2.75, 3.05) is 52.7 Å². The van der Waals surface area contributed by atoms with E-state index >= 15 is 0 Å². The summed E-state index contributed by atoms with van der Waals surface area (Å²) in [4.78, 5) is 98.0. The van der Waals surface area contributed by atoms with Crippen molar-refractivity contribution in [2.45, 2.75) is 104 Å². The number of aromatic nitrogens is 4. The molecule has 71 heavy (non-hydrogen) atoms. The van der Waals surface area contributed by atoms with Gasteiger partial charge in [0.25, 0.3) is 23.3 Å². The number of nitrogens with zero attached hydrogens (tertiary/aromatic N) is 9. The number of aliphatic hydroxyl groups excluding tert-OH is 1. The molecule has 0 saturated carbocycles. The molecule has 4 atom stereocenters. The number of nitrogens with one attached hydrogen (secondary N) is 2. The van der Waals surface area contributed by atoms with Gasteiger partial charge in [0.05, 0.1) is 29.6 Å². The van der Waals surface area contributed by atoms with Crippen LogP contribution in [0, 0.1) is 5.41 Å². The summed E-state index contributed by atoms with van der Waals surface area (Å²) in [6, 6.07) is 13.7. The molecule has 1 aromatic carbocycles. The highest BCUT2D eigenvalue weighted by molar-refractivity contribution is 6.23. The zero-order valence-corrected chi connectivity index (χ0v) is 40.3. The number of aryl methyl sites for hydroxylation is 1. The molecule has 0 spiro atoms. The minimum Gasteiger partial charge on any atom is -0.392 e. The van der Waals surface area contributed by atoms with Crippen LogP contribution < -0.4 is 30.9 Å². The Morgan fingerprint density at radius 1 is 0.831 bits per heavy atom. The lowest BCUT2D eigenvalue weighted by molar-refractivity contribution is -0.136. The van der Waals surface area contributed by atoms with E-state index in [1.807, 2.05) is 18.2 Å². The van der Waals surface area contributed by atoms with Crippen LogP contribution in [0.5, 0.6) is 0 Å². The first-order valence-electron chi connectivity index (χ1n) is 26.0. The number of pyridine rings is 3. The van der Waals surface area contributed by atoms with Crippen LogP contribution >= 0.6 is 0 Å². The van der Waals surface area contributed by atoms with Gasteiger partial charge in [-0.15, -0.1) is 0 Å².